The van der Waals surface area contributed by atoms with Crippen molar-refractivity contribution in [1.29, 1.82) is 5.26 Å². The van der Waals surface area contributed by atoms with Crippen LogP contribution >= 0.6 is 11.6 Å². The molecule has 2 aromatic heterocycles. The van der Waals surface area contributed by atoms with Gasteiger partial charge in [-0.05, 0) is 42.5 Å². The van der Waals surface area contributed by atoms with Crippen molar-refractivity contribution < 1.29 is 9.53 Å². The average molecular weight is 418 g/mol. The number of carbonyl (C=O) groups excluding carboxylic acids is 1. The van der Waals surface area contributed by atoms with Gasteiger partial charge in [-0.3, -0.25) is 9.20 Å². The lowest BCUT2D eigenvalue weighted by atomic mass is 10.1. The Bertz CT molecular complexity index is 1290. The predicted octanol–water partition coefficient (Wildman–Crippen LogP) is 4.21. The maximum Gasteiger partial charge on any atom is 0.278 e. The van der Waals surface area contributed by atoms with Gasteiger partial charge in [0.15, 0.2) is 5.65 Å². The average Bonchev–Trinajstić information content (AvgIpc) is 3.21. The fourth-order valence-corrected chi connectivity index (χ4v) is 3.35. The van der Waals surface area contributed by atoms with Crippen LogP contribution in [0.25, 0.3) is 16.9 Å². The number of amides is 1. The van der Waals surface area contributed by atoms with Gasteiger partial charge in [-0.15, -0.1) is 0 Å². The van der Waals surface area contributed by atoms with Gasteiger partial charge in [0.25, 0.3) is 5.91 Å². The van der Waals surface area contributed by atoms with Gasteiger partial charge in [0, 0.05) is 24.5 Å². The number of hydrogen-bond acceptors (Lipinski definition) is 5. The minimum Gasteiger partial charge on any atom is -0.495 e. The number of fused-ring (bicyclic) bond motifs is 1. The molecule has 148 valence electrons. The zero-order valence-corrected chi connectivity index (χ0v) is 17.0. The smallest absolute Gasteiger partial charge is 0.278 e. The SMILES string of the molecule is COc1ccc(-c2cnc3cnc(C(=O)N(C)c4ccc(C#N)cc4)cn23)cc1Cl. The van der Waals surface area contributed by atoms with Crippen molar-refractivity contribution in [2.75, 3.05) is 19.1 Å². The molecule has 30 heavy (non-hydrogen) atoms. The second-order valence-corrected chi connectivity index (χ2v) is 6.92. The van der Waals surface area contributed by atoms with Crippen LogP contribution in [-0.4, -0.2) is 34.4 Å². The topological polar surface area (TPSA) is 83.5 Å². The molecule has 0 aliphatic carbocycles. The number of benzene rings is 2. The molecule has 0 aliphatic heterocycles. The Hall–Kier alpha value is -3.89. The van der Waals surface area contributed by atoms with Crippen LogP contribution in [0.3, 0.4) is 0 Å². The van der Waals surface area contributed by atoms with Gasteiger partial charge in [0.05, 0.1) is 41.9 Å². The minimum atomic E-state index is -0.283. The molecule has 7 nitrogen and oxygen atoms in total. The van der Waals surface area contributed by atoms with Crippen molar-refractivity contribution in [3.05, 3.63) is 77.3 Å². The summed E-state index contributed by atoms with van der Waals surface area (Å²) < 4.78 is 7.00. The molecular weight excluding hydrogens is 402 g/mol. The molecule has 0 atom stereocenters. The summed E-state index contributed by atoms with van der Waals surface area (Å²) in [7, 11) is 3.22. The molecule has 0 radical (unpaired) electrons. The quantitative estimate of drug-likeness (QED) is 0.496. The molecule has 0 aliphatic rings. The van der Waals surface area contributed by atoms with Crippen LogP contribution in [0, 0.1) is 11.3 Å². The number of nitrogens with zero attached hydrogens (tertiary/aromatic N) is 5. The molecule has 0 fully saturated rings. The van der Waals surface area contributed by atoms with E-state index in [1.165, 1.54) is 4.90 Å². The molecule has 0 spiro atoms. The summed E-state index contributed by atoms with van der Waals surface area (Å²) in [6, 6.07) is 14.3. The van der Waals surface area contributed by atoms with Crippen molar-refractivity contribution in [1.82, 2.24) is 14.4 Å². The largest absolute Gasteiger partial charge is 0.495 e. The molecule has 0 saturated carbocycles. The van der Waals surface area contributed by atoms with Gasteiger partial charge in [-0.1, -0.05) is 11.6 Å². The van der Waals surface area contributed by atoms with E-state index in [1.807, 2.05) is 6.07 Å². The number of halogens is 1. The normalized spacial score (nSPS) is 10.6. The third-order valence-electron chi connectivity index (χ3n) is 4.75. The van der Waals surface area contributed by atoms with E-state index in [2.05, 4.69) is 16.0 Å². The predicted molar refractivity (Wildman–Crippen MR) is 114 cm³/mol. The molecule has 8 heteroatoms. The van der Waals surface area contributed by atoms with Crippen LogP contribution in [0.4, 0.5) is 5.69 Å². The van der Waals surface area contributed by atoms with Crippen LogP contribution in [0.5, 0.6) is 5.75 Å². The lowest BCUT2D eigenvalue weighted by Gasteiger charge is -2.17. The van der Waals surface area contributed by atoms with Crippen LogP contribution < -0.4 is 9.64 Å². The summed E-state index contributed by atoms with van der Waals surface area (Å²) in [5.41, 5.74) is 3.65. The molecule has 4 rings (SSSR count). The summed E-state index contributed by atoms with van der Waals surface area (Å²) in [5, 5.41) is 9.42. The first-order valence-electron chi connectivity index (χ1n) is 8.97. The first kappa shape index (κ1) is 19.4. The van der Waals surface area contributed by atoms with Crippen LogP contribution in [-0.2, 0) is 0 Å². The number of ether oxygens (including phenoxy) is 1. The van der Waals surface area contributed by atoms with Gasteiger partial charge >= 0.3 is 0 Å². The number of aromatic nitrogens is 3. The van der Waals surface area contributed by atoms with E-state index in [0.29, 0.717) is 27.7 Å². The number of imidazole rings is 1. The molecule has 0 saturated heterocycles. The standard InChI is InChI=1S/C22H16ClN5O2/c1-27(16-6-3-14(10-24)4-7-16)22(29)18-13-28-19(11-26-21(28)12-25-18)15-5-8-20(30-2)17(23)9-15/h3-9,11-13H,1-2H3. The van der Waals surface area contributed by atoms with Gasteiger partial charge in [-0.2, -0.15) is 5.26 Å². The summed E-state index contributed by atoms with van der Waals surface area (Å²) in [4.78, 5) is 23.1. The zero-order chi connectivity index (χ0) is 21.3. The Morgan fingerprint density at radius 1 is 1.17 bits per heavy atom. The second-order valence-electron chi connectivity index (χ2n) is 6.52. The van der Waals surface area contributed by atoms with Crippen molar-refractivity contribution in [3.63, 3.8) is 0 Å². The molecule has 0 unspecified atom stereocenters. The van der Waals surface area contributed by atoms with Crippen LogP contribution in [0.15, 0.2) is 61.1 Å². The second kappa shape index (κ2) is 7.85. The number of rotatable bonds is 4. The Morgan fingerprint density at radius 3 is 2.60 bits per heavy atom. The Balaban J connectivity index is 1.70. The first-order chi connectivity index (χ1) is 14.5. The van der Waals surface area contributed by atoms with Gasteiger partial charge in [0.2, 0.25) is 0 Å². The van der Waals surface area contributed by atoms with E-state index in [0.717, 1.165) is 11.3 Å². The molecule has 0 bridgehead atoms. The molecular formula is C22H16ClN5O2. The number of nitriles is 1. The number of hydrogen-bond donors (Lipinski definition) is 0. The third-order valence-corrected chi connectivity index (χ3v) is 5.05. The Morgan fingerprint density at radius 2 is 1.93 bits per heavy atom. The molecule has 4 aromatic rings. The summed E-state index contributed by atoms with van der Waals surface area (Å²) >= 11 is 6.26. The summed E-state index contributed by atoms with van der Waals surface area (Å²) in [6.45, 7) is 0. The van der Waals surface area contributed by atoms with E-state index >= 15 is 0 Å². The number of carbonyl (C=O) groups is 1. The maximum absolute atomic E-state index is 13.0. The minimum absolute atomic E-state index is 0.258. The van der Waals surface area contributed by atoms with Crippen LogP contribution in [0.2, 0.25) is 5.02 Å². The zero-order valence-electron chi connectivity index (χ0n) is 16.2. The fraction of sp³-hybridized carbons (Fsp3) is 0.0909. The van der Waals surface area contributed by atoms with Crippen molar-refractivity contribution in [2.45, 2.75) is 0 Å². The highest BCUT2D eigenvalue weighted by atomic mass is 35.5. The highest BCUT2D eigenvalue weighted by molar-refractivity contribution is 6.32. The Labute approximate surface area is 177 Å². The van der Waals surface area contributed by atoms with Crippen LogP contribution in [0.1, 0.15) is 16.1 Å². The monoisotopic (exact) mass is 417 g/mol. The number of methoxy groups -OCH3 is 1. The number of anilines is 1. The highest BCUT2D eigenvalue weighted by Gasteiger charge is 2.17. The van der Waals surface area contributed by atoms with Crippen molar-refractivity contribution >= 4 is 28.8 Å². The first-order valence-corrected chi connectivity index (χ1v) is 9.35. The van der Waals surface area contributed by atoms with E-state index < -0.39 is 0 Å². The molecule has 1 amide bonds. The van der Waals surface area contributed by atoms with E-state index in [4.69, 9.17) is 21.6 Å². The fourth-order valence-electron chi connectivity index (χ4n) is 3.09. The van der Waals surface area contributed by atoms with E-state index in [9.17, 15) is 4.79 Å². The summed E-state index contributed by atoms with van der Waals surface area (Å²) in [5.74, 6) is 0.296. The Kier molecular flexibility index (Phi) is 5.09. The molecule has 2 heterocycles. The van der Waals surface area contributed by atoms with Crippen molar-refractivity contribution in [2.24, 2.45) is 0 Å². The summed E-state index contributed by atoms with van der Waals surface area (Å²) in [6.07, 6.45) is 4.90. The van der Waals surface area contributed by atoms with Crippen molar-refractivity contribution in [3.8, 4) is 23.1 Å². The molecule has 0 N–H and O–H groups in total. The van der Waals surface area contributed by atoms with Gasteiger partial charge in [-0.25, -0.2) is 9.97 Å². The van der Waals surface area contributed by atoms with Gasteiger partial charge in [0.1, 0.15) is 11.4 Å². The van der Waals surface area contributed by atoms with Gasteiger partial charge < -0.3 is 9.64 Å². The lowest BCUT2D eigenvalue weighted by molar-refractivity contribution is 0.0988. The van der Waals surface area contributed by atoms with E-state index in [-0.39, 0.29) is 11.6 Å². The highest BCUT2D eigenvalue weighted by Crippen LogP contribution is 2.30. The van der Waals surface area contributed by atoms with E-state index in [1.54, 1.807) is 73.5 Å². The maximum atomic E-state index is 13.0. The lowest BCUT2D eigenvalue weighted by Crippen LogP contribution is -2.27. The third kappa shape index (κ3) is 3.45. The molecule has 2 aromatic carbocycles.